The second-order valence-corrected chi connectivity index (χ2v) is 5.59. The Morgan fingerprint density at radius 1 is 1.26 bits per heavy atom. The molecule has 8 heteroatoms. The molecule has 3 N–H and O–H groups in total. The molecule has 0 unspecified atom stereocenters. The lowest BCUT2D eigenvalue weighted by atomic mass is 9.95. The van der Waals surface area contributed by atoms with Crippen molar-refractivity contribution in [1.82, 2.24) is 24.8 Å². The molecule has 8 nitrogen and oxygen atoms in total. The molecular formula is C15H19N7O. The first kappa shape index (κ1) is 15.3. The third-order valence-corrected chi connectivity index (χ3v) is 3.78. The van der Waals surface area contributed by atoms with Gasteiger partial charge in [0.2, 0.25) is 5.91 Å². The molecule has 1 saturated heterocycles. The van der Waals surface area contributed by atoms with E-state index in [0.717, 1.165) is 31.6 Å². The van der Waals surface area contributed by atoms with Crippen LogP contribution in [-0.2, 0) is 4.79 Å². The molecule has 1 fully saturated rings. The maximum Gasteiger partial charge on any atom is 0.231 e. The summed E-state index contributed by atoms with van der Waals surface area (Å²) in [6, 6.07) is 0. The van der Waals surface area contributed by atoms with Crippen molar-refractivity contribution in [3.05, 3.63) is 36.7 Å². The van der Waals surface area contributed by atoms with Gasteiger partial charge < -0.3 is 11.1 Å². The summed E-state index contributed by atoms with van der Waals surface area (Å²) in [6.07, 6.45) is 10.3. The van der Waals surface area contributed by atoms with E-state index >= 15 is 0 Å². The molecule has 3 rings (SSSR count). The van der Waals surface area contributed by atoms with Gasteiger partial charge >= 0.3 is 0 Å². The third kappa shape index (κ3) is 4.19. The summed E-state index contributed by atoms with van der Waals surface area (Å²) in [7, 11) is 0. The summed E-state index contributed by atoms with van der Waals surface area (Å²) in [5.74, 6) is 1.21. The van der Waals surface area contributed by atoms with E-state index in [2.05, 4.69) is 30.2 Å². The Kier molecular flexibility index (Phi) is 4.72. The summed E-state index contributed by atoms with van der Waals surface area (Å²) in [6.45, 7) is 1.96. The molecule has 0 bridgehead atoms. The van der Waals surface area contributed by atoms with Crippen LogP contribution in [0.5, 0.6) is 0 Å². The molecule has 2 aromatic rings. The Balaban J connectivity index is 1.70. The second-order valence-electron chi connectivity index (χ2n) is 5.59. The minimum Gasteiger partial charge on any atom is -0.369 e. The largest absolute Gasteiger partial charge is 0.369 e. The van der Waals surface area contributed by atoms with Crippen molar-refractivity contribution in [1.29, 1.82) is 0 Å². The van der Waals surface area contributed by atoms with Gasteiger partial charge in [-0.05, 0) is 19.4 Å². The maximum absolute atomic E-state index is 11.1. The quantitative estimate of drug-likeness (QED) is 0.835. The van der Waals surface area contributed by atoms with Gasteiger partial charge in [-0.25, -0.2) is 9.97 Å². The van der Waals surface area contributed by atoms with E-state index in [0.29, 0.717) is 18.2 Å². The highest BCUT2D eigenvalue weighted by molar-refractivity contribution is 5.75. The zero-order valence-electron chi connectivity index (χ0n) is 12.7. The van der Waals surface area contributed by atoms with E-state index in [-0.39, 0.29) is 11.8 Å². The van der Waals surface area contributed by atoms with E-state index in [1.54, 1.807) is 31.0 Å². The maximum atomic E-state index is 11.1. The Morgan fingerprint density at radius 3 is 2.91 bits per heavy atom. The van der Waals surface area contributed by atoms with Gasteiger partial charge in [0, 0.05) is 31.1 Å². The number of hydrogen-bond donors (Lipinski definition) is 2. The van der Waals surface area contributed by atoms with E-state index in [1.807, 2.05) is 0 Å². The zero-order valence-corrected chi connectivity index (χ0v) is 12.7. The fourth-order valence-electron chi connectivity index (χ4n) is 2.79. The van der Waals surface area contributed by atoms with Crippen LogP contribution in [0, 0.1) is 0 Å². The van der Waals surface area contributed by atoms with E-state index in [9.17, 15) is 4.79 Å². The van der Waals surface area contributed by atoms with E-state index < -0.39 is 0 Å². The number of anilines is 2. The van der Waals surface area contributed by atoms with Gasteiger partial charge in [0.15, 0.2) is 0 Å². The number of amides is 1. The number of likely N-dealkylation sites (tertiary alicyclic amines) is 1. The Bertz CT molecular complexity index is 664. The van der Waals surface area contributed by atoms with Gasteiger partial charge in [-0.15, -0.1) is 0 Å². The minimum atomic E-state index is -0.296. The van der Waals surface area contributed by atoms with Crippen LogP contribution in [0.4, 0.5) is 11.6 Å². The van der Waals surface area contributed by atoms with Gasteiger partial charge in [-0.2, -0.15) is 0 Å². The van der Waals surface area contributed by atoms with Crippen LogP contribution >= 0.6 is 0 Å². The third-order valence-electron chi connectivity index (χ3n) is 3.78. The summed E-state index contributed by atoms with van der Waals surface area (Å²) < 4.78 is 0. The second kappa shape index (κ2) is 7.10. The van der Waals surface area contributed by atoms with Crippen LogP contribution in [0.25, 0.3) is 0 Å². The number of carbonyl (C=O) groups is 1. The molecule has 0 radical (unpaired) electrons. The lowest BCUT2D eigenvalue weighted by Crippen LogP contribution is -2.40. The fourth-order valence-corrected chi connectivity index (χ4v) is 2.79. The number of nitrogens with one attached hydrogen (secondary N) is 1. The van der Waals surface area contributed by atoms with E-state index in [4.69, 9.17) is 5.73 Å². The molecule has 0 saturated carbocycles. The lowest BCUT2D eigenvalue weighted by molar-refractivity contribution is -0.119. The molecule has 120 valence electrons. The number of piperidine rings is 1. The fraction of sp³-hybridized carbons (Fsp3) is 0.400. The molecule has 0 aromatic carbocycles. The predicted octanol–water partition coefficient (Wildman–Crippen LogP) is 0.675. The number of carbonyl (C=O) groups excluding carboxylic acids is 1. The van der Waals surface area contributed by atoms with Crippen molar-refractivity contribution in [2.45, 2.75) is 18.8 Å². The molecule has 23 heavy (non-hydrogen) atoms. The first-order valence-electron chi connectivity index (χ1n) is 7.56. The highest BCUT2D eigenvalue weighted by Crippen LogP contribution is 2.26. The van der Waals surface area contributed by atoms with Gasteiger partial charge in [-0.1, -0.05) is 0 Å². The Hall–Kier alpha value is -2.61. The van der Waals surface area contributed by atoms with Gasteiger partial charge in [0.1, 0.15) is 11.6 Å². The summed E-state index contributed by atoms with van der Waals surface area (Å²) in [4.78, 5) is 30.2. The number of aromatic nitrogens is 4. The molecule has 1 aliphatic heterocycles. The molecule has 0 spiro atoms. The zero-order chi connectivity index (χ0) is 16.1. The van der Waals surface area contributed by atoms with Crippen LogP contribution in [0.15, 0.2) is 31.0 Å². The Labute approximate surface area is 134 Å². The average Bonchev–Trinajstić information content (AvgIpc) is 2.56. The lowest BCUT2D eigenvalue weighted by Gasteiger charge is -2.31. The van der Waals surface area contributed by atoms with Crippen molar-refractivity contribution in [2.75, 3.05) is 25.0 Å². The van der Waals surface area contributed by atoms with Crippen molar-refractivity contribution in [2.24, 2.45) is 5.73 Å². The summed E-state index contributed by atoms with van der Waals surface area (Å²) in [5, 5.41) is 3.09. The van der Waals surface area contributed by atoms with Crippen molar-refractivity contribution in [3.8, 4) is 0 Å². The predicted molar refractivity (Wildman–Crippen MR) is 85.0 cm³/mol. The monoisotopic (exact) mass is 313 g/mol. The molecule has 1 amide bonds. The van der Waals surface area contributed by atoms with Crippen LogP contribution in [0.3, 0.4) is 0 Å². The minimum absolute atomic E-state index is 0.249. The van der Waals surface area contributed by atoms with Crippen LogP contribution in [0.1, 0.15) is 24.5 Å². The smallest absolute Gasteiger partial charge is 0.231 e. The van der Waals surface area contributed by atoms with Crippen molar-refractivity contribution < 1.29 is 4.79 Å². The first-order valence-corrected chi connectivity index (χ1v) is 7.56. The number of primary amides is 1. The van der Waals surface area contributed by atoms with Crippen molar-refractivity contribution >= 4 is 17.5 Å². The average molecular weight is 313 g/mol. The number of nitrogens with zero attached hydrogens (tertiary/aromatic N) is 5. The van der Waals surface area contributed by atoms with Gasteiger partial charge in [-0.3, -0.25) is 19.7 Å². The Morgan fingerprint density at radius 2 is 2.13 bits per heavy atom. The molecule has 3 heterocycles. The highest BCUT2D eigenvalue weighted by atomic mass is 16.1. The topological polar surface area (TPSA) is 110 Å². The molecular weight excluding hydrogens is 294 g/mol. The number of rotatable bonds is 5. The summed E-state index contributed by atoms with van der Waals surface area (Å²) >= 11 is 0. The van der Waals surface area contributed by atoms with E-state index in [1.165, 1.54) is 0 Å². The summed E-state index contributed by atoms with van der Waals surface area (Å²) in [5.41, 5.74) is 6.20. The van der Waals surface area contributed by atoms with Crippen molar-refractivity contribution in [3.63, 3.8) is 0 Å². The molecule has 1 aliphatic rings. The van der Waals surface area contributed by atoms with Crippen LogP contribution in [-0.4, -0.2) is 50.4 Å². The standard InChI is InChI=1S/C15H19N7O/c16-13(23)10-22-5-1-2-11(9-22)12-6-18-8-15(20-12)21-14-7-17-3-4-19-14/h3-4,6-8,11H,1-2,5,9-10H2,(H2,16,23)(H,19,20,21)/t11-/m0/s1. The van der Waals surface area contributed by atoms with Crippen LogP contribution in [0.2, 0.25) is 0 Å². The first-order chi connectivity index (χ1) is 11.2. The normalized spacial score (nSPS) is 18.5. The van der Waals surface area contributed by atoms with Gasteiger partial charge in [0.25, 0.3) is 0 Å². The number of nitrogens with two attached hydrogens (primary N) is 1. The van der Waals surface area contributed by atoms with Crippen LogP contribution < -0.4 is 11.1 Å². The van der Waals surface area contributed by atoms with Gasteiger partial charge in [0.05, 0.1) is 24.6 Å². The molecule has 2 aromatic heterocycles. The highest BCUT2D eigenvalue weighted by Gasteiger charge is 2.23. The molecule has 1 atom stereocenters. The molecule has 0 aliphatic carbocycles. The SMILES string of the molecule is NC(=O)CN1CCC[C@H](c2cncc(Nc3cnccn3)n2)C1. The number of hydrogen-bond acceptors (Lipinski definition) is 7.